The molecule has 440 valence electrons. The van der Waals surface area contributed by atoms with Crippen molar-refractivity contribution in [3.05, 3.63) is 140 Å². The Balaban J connectivity index is 0.000000434. The van der Waals surface area contributed by atoms with E-state index < -0.39 is 59.7 Å². The molecule has 3 saturated heterocycles. The molecule has 9 rings (SSSR count). The number of anilines is 2. The molecule has 3 aromatic heterocycles. The smallest absolute Gasteiger partial charge is 0.759 e. The predicted molar refractivity (Wildman–Crippen MR) is 284 cm³/mol. The van der Waals surface area contributed by atoms with E-state index in [9.17, 15) is 24.5 Å². The van der Waals surface area contributed by atoms with Crippen LogP contribution in [0.1, 0.15) is 37.6 Å². The van der Waals surface area contributed by atoms with Gasteiger partial charge >= 0.3 is 52.3 Å². The van der Waals surface area contributed by atoms with Crippen LogP contribution in [0.5, 0.6) is 5.75 Å². The number of rotatable bonds is 14. The summed E-state index contributed by atoms with van der Waals surface area (Å²) >= 11 is 12.7. The number of hydrogen-bond donors (Lipinski definition) is 1. The van der Waals surface area contributed by atoms with Crippen LogP contribution in [0, 0.1) is 10.1 Å². The van der Waals surface area contributed by atoms with E-state index >= 15 is 0 Å². The first-order valence-electron chi connectivity index (χ1n) is 22.9. The summed E-state index contributed by atoms with van der Waals surface area (Å²) in [4.78, 5) is 53.1. The minimum absolute atomic E-state index is 0. The number of piperazine rings is 1. The van der Waals surface area contributed by atoms with Crippen molar-refractivity contribution >= 4 is 125 Å². The summed E-state index contributed by atoms with van der Waals surface area (Å²) < 4.78 is 131. The van der Waals surface area contributed by atoms with Gasteiger partial charge in [0.2, 0.25) is 11.7 Å². The number of benzene rings is 3. The van der Waals surface area contributed by atoms with Gasteiger partial charge in [-0.15, -0.1) is 0 Å². The van der Waals surface area contributed by atoms with E-state index in [4.69, 9.17) is 94.4 Å². The zero-order valence-corrected chi connectivity index (χ0v) is 49.2. The normalized spacial score (nSPS) is 17.2. The number of ether oxygens (including phenoxy) is 3. The fraction of sp³-hybridized carbons (Fsp3) is 0.326. The number of hydrazone groups is 1. The van der Waals surface area contributed by atoms with Gasteiger partial charge in [-0.1, -0.05) is 36.2 Å². The van der Waals surface area contributed by atoms with Crippen molar-refractivity contribution in [1.82, 2.24) is 39.4 Å². The molecule has 0 bridgehead atoms. The van der Waals surface area contributed by atoms with E-state index in [1.54, 1.807) is 34.0 Å². The number of furan rings is 1. The van der Waals surface area contributed by atoms with Crippen molar-refractivity contribution in [2.45, 2.75) is 44.7 Å². The Morgan fingerprint density at radius 2 is 1.37 bits per heavy atom. The van der Waals surface area contributed by atoms with Crippen LogP contribution in [0.4, 0.5) is 22.1 Å². The van der Waals surface area contributed by atoms with E-state index in [0.29, 0.717) is 28.8 Å². The molecular formula is C43H44Al2Cl2N12O21S3. The Hall–Kier alpha value is -6.40. The molecular weight excluding hydrogens is 1240 g/mol. The second-order valence-electron chi connectivity index (χ2n) is 16.6. The van der Waals surface area contributed by atoms with Crippen LogP contribution in [0.25, 0.3) is 5.69 Å². The van der Waals surface area contributed by atoms with Gasteiger partial charge in [0.05, 0.1) is 35.6 Å². The maximum Gasteiger partial charge on any atom is 3.00 e. The molecule has 1 N–H and O–H groups in total. The number of halogens is 2. The molecule has 0 spiro atoms. The number of urea groups is 1. The zero-order valence-electron chi connectivity index (χ0n) is 43.0. The minimum atomic E-state index is -5.17. The average molecular weight is 1290 g/mol. The van der Waals surface area contributed by atoms with Gasteiger partial charge in [0.1, 0.15) is 55.5 Å². The summed E-state index contributed by atoms with van der Waals surface area (Å²) in [5.41, 5.74) is 3.64. The van der Waals surface area contributed by atoms with Crippen molar-refractivity contribution in [1.29, 1.82) is 0 Å². The predicted octanol–water partition coefficient (Wildman–Crippen LogP) is 0.875. The topological polar surface area (TPSA) is 464 Å². The molecule has 3 aliphatic rings. The van der Waals surface area contributed by atoms with Crippen molar-refractivity contribution in [3.8, 4) is 11.4 Å². The van der Waals surface area contributed by atoms with Crippen LogP contribution in [0.2, 0.25) is 10.0 Å². The van der Waals surface area contributed by atoms with Crippen molar-refractivity contribution in [3.63, 3.8) is 0 Å². The van der Waals surface area contributed by atoms with Gasteiger partial charge < -0.3 is 55.7 Å². The molecule has 6 aromatic rings. The molecule has 0 saturated carbocycles. The molecule has 0 radical (unpaired) electrons. The van der Waals surface area contributed by atoms with Crippen molar-refractivity contribution in [2.24, 2.45) is 5.10 Å². The van der Waals surface area contributed by atoms with Crippen LogP contribution in [-0.4, -0.2) is 197 Å². The number of hydrogen-bond acceptors (Lipinski definition) is 27. The van der Waals surface area contributed by atoms with Gasteiger partial charge in [-0.25, -0.2) is 33.5 Å². The summed E-state index contributed by atoms with van der Waals surface area (Å²) in [6.45, 7) is 8.30. The maximum absolute atomic E-state index is 12.8. The standard InChI is InChI=1S/C35H38Cl2N8O4.C8H6N4O5.2Al.3H2O4S/c1-3-25(2)45-34(46)44(24-40-45)29-7-5-27(6-8-29)41-14-16-42(17-15-41)28-9-11-30(12-10-28)47-19-31-20-48-35(49-31,21-43-23-38-22-39-43)32-13-4-26(36)18-33(32)37;13-6-4-11(8(14)10-6)9-3-5-1-2-7(17-5)12(15)16;;;3*1-5(2,3)4/h4-13,18,22-25,31H,3,14-17,19-21H2,1-2H3;1-3H,4H2,(H,10,13,14);;;3*(H2,1,2,3,4)/q;;2*+3;;;/p-6/b;9-3+;;;;;/t25?,31-,35-;;;;;;/m0....../s1. The molecule has 3 aromatic carbocycles. The Kier molecular flexibility index (Phi) is 26.9. The van der Waals surface area contributed by atoms with Crippen LogP contribution in [0.15, 0.2) is 112 Å². The molecule has 3 amide bonds. The zero-order chi connectivity index (χ0) is 59.9. The summed E-state index contributed by atoms with van der Waals surface area (Å²) in [6, 6.07) is 23.4. The quantitative estimate of drug-likeness (QED) is 0.0301. The third-order valence-electron chi connectivity index (χ3n) is 11.0. The average Bonchev–Trinajstić information content (AvgIpc) is 4.28. The Morgan fingerprint density at radius 1 is 0.819 bits per heavy atom. The monoisotopic (exact) mass is 1280 g/mol. The van der Waals surface area contributed by atoms with Gasteiger partial charge in [-0.05, 0) is 80.1 Å². The van der Waals surface area contributed by atoms with Gasteiger partial charge in [-0.3, -0.25) is 45.5 Å². The third kappa shape index (κ3) is 23.6. The van der Waals surface area contributed by atoms with Crippen LogP contribution >= 0.6 is 23.2 Å². The second-order valence-corrected chi connectivity index (χ2v) is 19.9. The molecule has 83 heavy (non-hydrogen) atoms. The van der Waals surface area contributed by atoms with E-state index in [2.05, 4.69) is 54.3 Å². The fourth-order valence-corrected chi connectivity index (χ4v) is 7.95. The van der Waals surface area contributed by atoms with E-state index in [0.717, 1.165) is 72.7 Å². The molecule has 40 heteroatoms. The molecule has 6 heterocycles. The van der Waals surface area contributed by atoms with Crippen molar-refractivity contribution < 1.29 is 85.7 Å². The second kappa shape index (κ2) is 31.5. The summed E-state index contributed by atoms with van der Waals surface area (Å²) in [6.07, 6.45) is 6.30. The fourth-order valence-electron chi connectivity index (χ4n) is 7.40. The largest absolute Gasteiger partial charge is 3.00 e. The number of carbonyl (C=O) groups excluding carboxylic acids is 2. The summed E-state index contributed by atoms with van der Waals surface area (Å²) in [5.74, 6) is -1.18. The van der Waals surface area contributed by atoms with Crippen LogP contribution < -0.4 is 25.5 Å². The van der Waals surface area contributed by atoms with Crippen LogP contribution in [-0.2, 0) is 57.8 Å². The SMILES string of the molecule is CCC(C)n1ncn(-c2ccc(N3CCN(c4ccc(OC[C@H]5CO[C@](Cn6cncn6)(c6ccc(Cl)cc6Cl)O5)cc4)CC3)cc2)c1=O.O=C1CN(/N=C/c2ccc([N+](=O)[O-])o2)C(=O)N1.O=S(=O)([O-])[O-].O=S(=O)([O-])[O-].O=S(=O)([O-])[O-].[Al+3].[Al+3]. The minimum Gasteiger partial charge on any atom is -0.759 e. The van der Waals surface area contributed by atoms with E-state index in [1.807, 2.05) is 49.5 Å². The van der Waals surface area contributed by atoms with E-state index in [1.165, 1.54) is 17.1 Å². The van der Waals surface area contributed by atoms with Gasteiger partial charge in [0.15, 0.2) is 5.76 Å². The first-order chi connectivity index (χ1) is 37.9. The number of nitro groups is 1. The number of nitrogens with zero attached hydrogens (tertiary/aromatic N) is 11. The number of imide groups is 1. The number of carbonyl (C=O) groups is 2. The molecule has 1 unspecified atom stereocenters. The van der Waals surface area contributed by atoms with Gasteiger partial charge in [0.25, 0.3) is 0 Å². The first-order valence-corrected chi connectivity index (χ1v) is 27.6. The number of amides is 3. The van der Waals surface area contributed by atoms with Crippen molar-refractivity contribution in [2.75, 3.05) is 55.7 Å². The number of aromatic nitrogens is 6. The molecule has 3 aliphatic heterocycles. The molecule has 0 aliphatic carbocycles. The number of nitrogens with one attached hydrogen (secondary N) is 1. The van der Waals surface area contributed by atoms with Gasteiger partial charge in [0, 0.05) is 79.3 Å². The summed E-state index contributed by atoms with van der Waals surface area (Å²) in [7, 11) is -15.5. The Bertz CT molecular complexity index is 3450. The Morgan fingerprint density at radius 3 is 1.86 bits per heavy atom. The third-order valence-corrected chi connectivity index (χ3v) is 11.6. The molecule has 3 atom stereocenters. The maximum atomic E-state index is 12.8. The molecule has 3 fully saturated rings. The van der Waals surface area contributed by atoms with Gasteiger partial charge in [-0.2, -0.15) is 15.3 Å². The van der Waals surface area contributed by atoms with Crippen LogP contribution in [0.3, 0.4) is 0 Å². The van der Waals surface area contributed by atoms with E-state index in [-0.39, 0.29) is 71.4 Å². The first kappa shape index (κ1) is 70.9. The molecule has 33 nitrogen and oxygen atoms in total. The Labute approximate surface area is 503 Å². The summed E-state index contributed by atoms with van der Waals surface area (Å²) in [5, 5.41) is 26.4.